The lowest BCUT2D eigenvalue weighted by atomic mass is 9.74. The summed E-state index contributed by atoms with van der Waals surface area (Å²) >= 11 is 0. The van der Waals surface area contributed by atoms with E-state index in [1.807, 2.05) is 38.1 Å². The number of aromatic nitrogens is 1. The zero-order chi connectivity index (χ0) is 23.0. The molecule has 1 aliphatic rings. The first-order valence-electron chi connectivity index (χ1n) is 11.1. The smallest absolute Gasteiger partial charge is 0.253 e. The van der Waals surface area contributed by atoms with Crippen LogP contribution in [-0.4, -0.2) is 10.9 Å². The molecule has 1 heterocycles. The average molecular weight is 427 g/mol. The van der Waals surface area contributed by atoms with Crippen LogP contribution in [-0.2, 0) is 17.8 Å². The molecule has 4 nitrogen and oxygen atoms in total. The summed E-state index contributed by atoms with van der Waals surface area (Å²) in [5, 5.41) is 3.02. The van der Waals surface area contributed by atoms with Gasteiger partial charge in [-0.2, -0.15) is 0 Å². The molecule has 0 saturated heterocycles. The Morgan fingerprint density at radius 1 is 1.00 bits per heavy atom. The highest BCUT2D eigenvalue weighted by Gasteiger charge is 2.30. The largest absolute Gasteiger partial charge is 0.348 e. The maximum Gasteiger partial charge on any atom is 0.253 e. The predicted molar refractivity (Wildman–Crippen MR) is 130 cm³/mol. The molecule has 0 aliphatic heterocycles. The fourth-order valence-corrected chi connectivity index (χ4v) is 4.86. The van der Waals surface area contributed by atoms with Gasteiger partial charge >= 0.3 is 0 Å². The molecule has 4 heteroatoms. The maximum atomic E-state index is 13.5. The van der Waals surface area contributed by atoms with E-state index in [2.05, 4.69) is 55.3 Å². The quantitative estimate of drug-likeness (QED) is 0.614. The van der Waals surface area contributed by atoms with Gasteiger partial charge in [-0.05, 0) is 80.5 Å². The van der Waals surface area contributed by atoms with Gasteiger partial charge in [0.2, 0.25) is 0 Å². The fourth-order valence-electron chi connectivity index (χ4n) is 4.86. The molecule has 164 valence electrons. The lowest BCUT2D eigenvalue weighted by Gasteiger charge is -2.30. The monoisotopic (exact) mass is 426 g/mol. The van der Waals surface area contributed by atoms with E-state index in [-0.39, 0.29) is 23.9 Å². The van der Waals surface area contributed by atoms with E-state index in [0.717, 1.165) is 34.4 Å². The van der Waals surface area contributed by atoms with Crippen molar-refractivity contribution in [2.45, 2.75) is 53.5 Å². The Bertz CT molecular complexity index is 1300. The van der Waals surface area contributed by atoms with Crippen LogP contribution in [0.5, 0.6) is 0 Å². The highest BCUT2D eigenvalue weighted by atomic mass is 16.2. The SMILES string of the molecule is CC1=C(C(=O)NCc2c(C)cc(C)[nH]c2=O)c2ccccc2CC1c1cccc(C)c1C. The van der Waals surface area contributed by atoms with Crippen molar-refractivity contribution in [2.75, 3.05) is 0 Å². The first-order valence-corrected chi connectivity index (χ1v) is 11.1. The van der Waals surface area contributed by atoms with Crippen LogP contribution in [0.4, 0.5) is 0 Å². The molecule has 1 amide bonds. The number of benzene rings is 2. The molecule has 32 heavy (non-hydrogen) atoms. The van der Waals surface area contributed by atoms with Crippen LogP contribution in [0.1, 0.15) is 57.5 Å². The van der Waals surface area contributed by atoms with E-state index in [4.69, 9.17) is 0 Å². The molecule has 0 fully saturated rings. The summed E-state index contributed by atoms with van der Waals surface area (Å²) in [5.41, 5.74) is 9.91. The minimum atomic E-state index is -0.147. The van der Waals surface area contributed by atoms with Crippen molar-refractivity contribution in [3.8, 4) is 0 Å². The van der Waals surface area contributed by atoms with Gasteiger partial charge in [-0.1, -0.05) is 48.0 Å². The second-order valence-corrected chi connectivity index (χ2v) is 8.89. The standard InChI is InChI=1S/C28H30N2O2/c1-16-9-8-12-22(19(16)4)24-14-21-10-6-7-11-23(21)26(20(24)5)28(32)29-15-25-17(2)13-18(3)30-27(25)31/h6-13,24H,14-15H2,1-5H3,(H,29,32)(H,30,31). The molecular formula is C28H30N2O2. The van der Waals surface area contributed by atoms with E-state index in [0.29, 0.717) is 5.56 Å². The molecule has 2 aromatic carbocycles. The normalized spacial score (nSPS) is 15.5. The number of rotatable bonds is 4. The number of hydrogen-bond donors (Lipinski definition) is 2. The molecule has 0 radical (unpaired) electrons. The number of aryl methyl sites for hydroxylation is 3. The number of allylic oxidation sites excluding steroid dienone is 1. The third kappa shape index (κ3) is 3.93. The molecular weight excluding hydrogens is 396 g/mol. The van der Waals surface area contributed by atoms with Gasteiger partial charge in [-0.15, -0.1) is 0 Å². The van der Waals surface area contributed by atoms with Crippen LogP contribution in [0.25, 0.3) is 5.57 Å². The summed E-state index contributed by atoms with van der Waals surface area (Å²) in [7, 11) is 0. The van der Waals surface area contributed by atoms with E-state index in [1.54, 1.807) is 0 Å². The minimum absolute atomic E-state index is 0.135. The molecule has 2 N–H and O–H groups in total. The van der Waals surface area contributed by atoms with Crippen molar-refractivity contribution < 1.29 is 4.79 Å². The molecule has 1 aliphatic carbocycles. The number of amides is 1. The van der Waals surface area contributed by atoms with Crippen molar-refractivity contribution >= 4 is 11.5 Å². The van der Waals surface area contributed by atoms with Crippen LogP contribution in [0.2, 0.25) is 0 Å². The molecule has 1 unspecified atom stereocenters. The van der Waals surface area contributed by atoms with Crippen molar-refractivity contribution in [3.63, 3.8) is 0 Å². The number of pyridine rings is 1. The molecule has 0 saturated carbocycles. The Labute approximate surface area is 189 Å². The number of hydrogen-bond acceptors (Lipinski definition) is 2. The van der Waals surface area contributed by atoms with Crippen molar-refractivity contribution in [1.82, 2.24) is 10.3 Å². The lowest BCUT2D eigenvalue weighted by molar-refractivity contribution is -0.115. The summed E-state index contributed by atoms with van der Waals surface area (Å²) in [6.07, 6.45) is 0.875. The Kier molecular flexibility index (Phi) is 5.88. The van der Waals surface area contributed by atoms with E-state index in [1.165, 1.54) is 22.3 Å². The van der Waals surface area contributed by atoms with Crippen LogP contribution >= 0.6 is 0 Å². The fraction of sp³-hybridized carbons (Fsp3) is 0.286. The third-order valence-electron chi connectivity index (χ3n) is 6.80. The van der Waals surface area contributed by atoms with E-state index >= 15 is 0 Å². The van der Waals surface area contributed by atoms with E-state index < -0.39 is 0 Å². The second kappa shape index (κ2) is 8.62. The summed E-state index contributed by atoms with van der Waals surface area (Å²) in [4.78, 5) is 28.7. The summed E-state index contributed by atoms with van der Waals surface area (Å²) < 4.78 is 0. The van der Waals surface area contributed by atoms with Gasteiger partial charge in [0, 0.05) is 29.3 Å². The Balaban J connectivity index is 1.73. The highest BCUT2D eigenvalue weighted by Crippen LogP contribution is 2.41. The summed E-state index contributed by atoms with van der Waals surface area (Å²) in [6, 6.07) is 16.5. The zero-order valence-corrected chi connectivity index (χ0v) is 19.4. The number of carbonyl (C=O) groups is 1. The van der Waals surface area contributed by atoms with Gasteiger partial charge in [0.05, 0.1) is 0 Å². The lowest BCUT2D eigenvalue weighted by Crippen LogP contribution is -2.31. The van der Waals surface area contributed by atoms with Gasteiger partial charge in [0.15, 0.2) is 0 Å². The van der Waals surface area contributed by atoms with Crippen molar-refractivity contribution in [3.05, 3.63) is 109 Å². The molecule has 1 atom stereocenters. The number of carbonyl (C=O) groups excluding carboxylic acids is 1. The Hall–Kier alpha value is -3.40. The first-order chi connectivity index (χ1) is 15.3. The van der Waals surface area contributed by atoms with Gasteiger partial charge < -0.3 is 10.3 Å². The van der Waals surface area contributed by atoms with Gasteiger partial charge in [-0.25, -0.2) is 0 Å². The van der Waals surface area contributed by atoms with Crippen LogP contribution in [0.15, 0.2) is 58.9 Å². The number of nitrogens with one attached hydrogen (secondary N) is 2. The molecule has 3 aromatic rings. The summed E-state index contributed by atoms with van der Waals surface area (Å²) in [5.74, 6) is 0.0133. The minimum Gasteiger partial charge on any atom is -0.348 e. The maximum absolute atomic E-state index is 13.5. The number of fused-ring (bicyclic) bond motifs is 1. The average Bonchev–Trinajstić information content (AvgIpc) is 2.74. The van der Waals surface area contributed by atoms with E-state index in [9.17, 15) is 9.59 Å². The van der Waals surface area contributed by atoms with Gasteiger partial charge in [0.25, 0.3) is 11.5 Å². The van der Waals surface area contributed by atoms with Gasteiger partial charge in [0.1, 0.15) is 0 Å². The van der Waals surface area contributed by atoms with Crippen molar-refractivity contribution in [2.24, 2.45) is 0 Å². The molecule has 1 aromatic heterocycles. The van der Waals surface area contributed by atoms with Crippen LogP contribution in [0.3, 0.4) is 0 Å². The zero-order valence-electron chi connectivity index (χ0n) is 19.4. The Morgan fingerprint density at radius 2 is 1.75 bits per heavy atom. The highest BCUT2D eigenvalue weighted by molar-refractivity contribution is 6.21. The number of H-pyrrole nitrogens is 1. The second-order valence-electron chi connectivity index (χ2n) is 8.89. The third-order valence-corrected chi connectivity index (χ3v) is 6.80. The topological polar surface area (TPSA) is 62.0 Å². The van der Waals surface area contributed by atoms with Crippen LogP contribution < -0.4 is 10.9 Å². The summed E-state index contributed by atoms with van der Waals surface area (Å²) in [6.45, 7) is 10.3. The molecule has 0 bridgehead atoms. The number of aromatic amines is 1. The van der Waals surface area contributed by atoms with Crippen molar-refractivity contribution in [1.29, 1.82) is 0 Å². The van der Waals surface area contributed by atoms with Crippen LogP contribution in [0, 0.1) is 27.7 Å². The first kappa shape index (κ1) is 21.8. The molecule has 4 rings (SSSR count). The van der Waals surface area contributed by atoms with Gasteiger partial charge in [-0.3, -0.25) is 9.59 Å². The molecule has 0 spiro atoms. The predicted octanol–water partition coefficient (Wildman–Crippen LogP) is 5.04. The Morgan fingerprint density at radius 3 is 2.50 bits per heavy atom.